The number of anilines is 1. The van der Waals surface area contributed by atoms with Crippen molar-refractivity contribution in [3.8, 4) is 0 Å². The average Bonchev–Trinajstić information content (AvgIpc) is 2.79. The van der Waals surface area contributed by atoms with Crippen LogP contribution in [0.1, 0.15) is 46.0 Å². The summed E-state index contributed by atoms with van der Waals surface area (Å²) in [4.78, 5) is 10.9. The zero-order chi connectivity index (χ0) is 23.1. The van der Waals surface area contributed by atoms with E-state index in [4.69, 9.17) is 16.3 Å². The maximum Gasteiger partial charge on any atom is 0.225 e. The Labute approximate surface area is 198 Å². The van der Waals surface area contributed by atoms with E-state index in [0.29, 0.717) is 49.1 Å². The van der Waals surface area contributed by atoms with Crippen LogP contribution in [0, 0.1) is 17.8 Å². The Morgan fingerprint density at radius 1 is 1.12 bits per heavy atom. The smallest absolute Gasteiger partial charge is 0.225 e. The number of hydrogen-bond acceptors (Lipinski definition) is 6. The minimum Gasteiger partial charge on any atom is -0.381 e. The zero-order valence-electron chi connectivity index (χ0n) is 19.3. The molecule has 0 bridgehead atoms. The summed E-state index contributed by atoms with van der Waals surface area (Å²) in [5.41, 5.74) is 0. The Hall–Kier alpha value is -1.22. The first-order valence-corrected chi connectivity index (χ1v) is 13.6. The van der Waals surface area contributed by atoms with Crippen LogP contribution >= 0.6 is 11.6 Å². The van der Waals surface area contributed by atoms with Crippen molar-refractivity contribution in [3.05, 3.63) is 30.1 Å². The summed E-state index contributed by atoms with van der Waals surface area (Å²) in [7, 11) is -3.14. The molecule has 3 heterocycles. The number of halogens is 1. The molecule has 2 fully saturated rings. The normalized spacial score (nSPS) is 20.6. The van der Waals surface area contributed by atoms with E-state index < -0.39 is 10.0 Å². The average molecular weight is 485 g/mol. The summed E-state index contributed by atoms with van der Waals surface area (Å²) in [6.45, 7) is 12.0. The predicted molar refractivity (Wildman–Crippen MR) is 129 cm³/mol. The molecule has 0 saturated carbocycles. The molecule has 1 atom stereocenters. The highest BCUT2D eigenvalue weighted by molar-refractivity contribution is 7.89. The summed E-state index contributed by atoms with van der Waals surface area (Å²) < 4.78 is 32.3. The van der Waals surface area contributed by atoms with E-state index in [-0.39, 0.29) is 5.25 Å². The van der Waals surface area contributed by atoms with Crippen molar-refractivity contribution in [2.75, 3.05) is 44.3 Å². The maximum atomic E-state index is 12.3. The molecule has 32 heavy (non-hydrogen) atoms. The summed E-state index contributed by atoms with van der Waals surface area (Å²) in [5, 5.41) is 0.206. The fraction of sp³-hybridized carbons (Fsp3) is 0.739. The highest BCUT2D eigenvalue weighted by atomic mass is 35.5. The van der Waals surface area contributed by atoms with E-state index in [0.717, 1.165) is 51.1 Å². The SMILES string of the molecule is C=C[C@@H](COCC1CCN(S(=O)(=O)C(C)C)CC1)CC1CCN(c2ncc(Cl)cn2)CC1. The monoisotopic (exact) mass is 484 g/mol. The third kappa shape index (κ3) is 6.89. The molecule has 180 valence electrons. The molecule has 2 aliphatic rings. The van der Waals surface area contributed by atoms with Crippen LogP contribution in [0.25, 0.3) is 0 Å². The highest BCUT2D eigenvalue weighted by Gasteiger charge is 2.30. The lowest BCUT2D eigenvalue weighted by molar-refractivity contribution is 0.0594. The molecular formula is C23H37ClN4O3S. The first-order valence-electron chi connectivity index (χ1n) is 11.7. The number of aromatic nitrogens is 2. The molecule has 0 aliphatic carbocycles. The van der Waals surface area contributed by atoms with Crippen molar-refractivity contribution < 1.29 is 13.2 Å². The molecule has 2 aliphatic heterocycles. The van der Waals surface area contributed by atoms with Crippen LogP contribution in [0.5, 0.6) is 0 Å². The Morgan fingerprint density at radius 3 is 2.28 bits per heavy atom. The van der Waals surface area contributed by atoms with Crippen molar-refractivity contribution in [1.29, 1.82) is 0 Å². The van der Waals surface area contributed by atoms with Gasteiger partial charge in [-0.25, -0.2) is 22.7 Å². The van der Waals surface area contributed by atoms with Gasteiger partial charge in [0.05, 0.1) is 29.3 Å². The molecule has 2 saturated heterocycles. The second kappa shape index (κ2) is 11.8. The van der Waals surface area contributed by atoms with E-state index in [9.17, 15) is 8.42 Å². The number of rotatable bonds is 10. The lowest BCUT2D eigenvalue weighted by Gasteiger charge is -2.33. The topological polar surface area (TPSA) is 75.6 Å². The van der Waals surface area contributed by atoms with E-state index in [2.05, 4.69) is 21.4 Å². The van der Waals surface area contributed by atoms with E-state index >= 15 is 0 Å². The van der Waals surface area contributed by atoms with Gasteiger partial charge < -0.3 is 9.64 Å². The Morgan fingerprint density at radius 2 is 1.72 bits per heavy atom. The van der Waals surface area contributed by atoms with Gasteiger partial charge in [-0.3, -0.25) is 0 Å². The molecule has 7 nitrogen and oxygen atoms in total. The van der Waals surface area contributed by atoms with Gasteiger partial charge in [-0.1, -0.05) is 17.7 Å². The molecule has 0 unspecified atom stereocenters. The molecule has 9 heteroatoms. The standard InChI is InChI=1S/C23H37ClN4O3S/c1-4-19(13-20-5-9-27(10-6-20)23-25-14-22(24)15-26-23)16-31-17-21-7-11-28(12-8-21)32(29,30)18(2)3/h4,14-15,18-21H,1,5-13,16-17H2,2-3H3/t19-/m1/s1. The van der Waals surface area contributed by atoms with Gasteiger partial charge >= 0.3 is 0 Å². The third-order valence-electron chi connectivity index (χ3n) is 6.69. The Bertz CT molecular complexity index is 818. The summed E-state index contributed by atoms with van der Waals surface area (Å²) in [6.07, 6.45) is 10.4. The van der Waals surface area contributed by atoms with Gasteiger partial charge in [0.2, 0.25) is 16.0 Å². The fourth-order valence-electron chi connectivity index (χ4n) is 4.51. The molecule has 0 spiro atoms. The predicted octanol–water partition coefficient (Wildman–Crippen LogP) is 4.01. The van der Waals surface area contributed by atoms with Crippen LogP contribution in [0.15, 0.2) is 25.0 Å². The van der Waals surface area contributed by atoms with Crippen LogP contribution in [0.3, 0.4) is 0 Å². The highest BCUT2D eigenvalue weighted by Crippen LogP contribution is 2.27. The van der Waals surface area contributed by atoms with Crippen LogP contribution in [0.2, 0.25) is 5.02 Å². The molecule has 1 aromatic heterocycles. The molecule has 0 N–H and O–H groups in total. The largest absolute Gasteiger partial charge is 0.381 e. The van der Waals surface area contributed by atoms with Gasteiger partial charge in [0.25, 0.3) is 0 Å². The molecule has 1 aromatic rings. The molecule has 0 aromatic carbocycles. The second-order valence-corrected chi connectivity index (χ2v) is 12.3. The molecule has 3 rings (SSSR count). The number of nitrogens with zero attached hydrogens (tertiary/aromatic N) is 4. The number of ether oxygens (including phenoxy) is 1. The number of hydrogen-bond donors (Lipinski definition) is 0. The van der Waals surface area contributed by atoms with E-state index in [1.165, 1.54) is 0 Å². The molecular weight excluding hydrogens is 448 g/mol. The molecule has 0 radical (unpaired) electrons. The van der Waals surface area contributed by atoms with Gasteiger partial charge in [-0.15, -0.1) is 6.58 Å². The van der Waals surface area contributed by atoms with Gasteiger partial charge in [0.15, 0.2) is 0 Å². The van der Waals surface area contributed by atoms with Gasteiger partial charge in [-0.05, 0) is 57.8 Å². The van der Waals surface area contributed by atoms with Gasteiger partial charge in [-0.2, -0.15) is 0 Å². The quantitative estimate of drug-likeness (QED) is 0.467. The maximum absolute atomic E-state index is 12.3. The fourth-order valence-corrected chi connectivity index (χ4v) is 5.93. The number of piperidine rings is 2. The first-order chi connectivity index (χ1) is 15.3. The minimum atomic E-state index is -3.14. The van der Waals surface area contributed by atoms with Crippen molar-refractivity contribution in [3.63, 3.8) is 0 Å². The van der Waals surface area contributed by atoms with E-state index in [1.807, 2.05) is 6.08 Å². The summed E-state index contributed by atoms with van der Waals surface area (Å²) >= 11 is 5.88. The van der Waals surface area contributed by atoms with Crippen molar-refractivity contribution in [1.82, 2.24) is 14.3 Å². The van der Waals surface area contributed by atoms with Crippen molar-refractivity contribution in [2.45, 2.75) is 51.2 Å². The summed E-state index contributed by atoms with van der Waals surface area (Å²) in [5.74, 6) is 2.18. The van der Waals surface area contributed by atoms with Gasteiger partial charge in [0, 0.05) is 38.7 Å². The molecule has 0 amide bonds. The van der Waals surface area contributed by atoms with Crippen molar-refractivity contribution >= 4 is 27.6 Å². The minimum absolute atomic E-state index is 0.347. The van der Waals surface area contributed by atoms with Crippen LogP contribution in [0.4, 0.5) is 5.95 Å². The van der Waals surface area contributed by atoms with Crippen LogP contribution in [-0.4, -0.2) is 67.3 Å². The Kier molecular flexibility index (Phi) is 9.34. The van der Waals surface area contributed by atoms with Gasteiger partial charge in [0.1, 0.15) is 0 Å². The summed E-state index contributed by atoms with van der Waals surface area (Å²) in [6, 6.07) is 0. The Balaban J connectivity index is 1.34. The third-order valence-corrected chi connectivity index (χ3v) is 9.16. The second-order valence-electron chi connectivity index (χ2n) is 9.34. The van der Waals surface area contributed by atoms with E-state index in [1.54, 1.807) is 30.5 Å². The van der Waals surface area contributed by atoms with Crippen molar-refractivity contribution in [2.24, 2.45) is 17.8 Å². The zero-order valence-corrected chi connectivity index (χ0v) is 20.9. The lowest BCUT2D eigenvalue weighted by Crippen LogP contribution is -2.42. The first kappa shape index (κ1) is 25.4. The van der Waals surface area contributed by atoms with Crippen LogP contribution in [-0.2, 0) is 14.8 Å². The van der Waals surface area contributed by atoms with Crippen LogP contribution < -0.4 is 4.90 Å². The lowest BCUT2D eigenvalue weighted by atomic mass is 9.87. The number of sulfonamides is 1.